The number of nitrogens with one attached hydrogen (secondary N) is 1. The molecule has 0 unspecified atom stereocenters. The van der Waals surface area contributed by atoms with E-state index in [9.17, 15) is 13.2 Å². The van der Waals surface area contributed by atoms with E-state index in [0.29, 0.717) is 10.7 Å². The normalized spacial score (nSPS) is 11.6. The summed E-state index contributed by atoms with van der Waals surface area (Å²) in [6.07, 6.45) is 1.50. The number of nitrogens with zero attached hydrogens (tertiary/aromatic N) is 2. The van der Waals surface area contributed by atoms with Gasteiger partial charge in [-0.05, 0) is 31.5 Å². The molecule has 0 radical (unpaired) electrons. The maximum absolute atomic E-state index is 12.8. The molecule has 7 nitrogen and oxygen atoms in total. The van der Waals surface area contributed by atoms with Crippen LogP contribution in [0.5, 0.6) is 5.75 Å². The number of rotatable bonds is 4. The number of methoxy groups -OCH3 is 1. The van der Waals surface area contributed by atoms with Gasteiger partial charge in [0.2, 0.25) is 0 Å². The lowest BCUT2D eigenvalue weighted by molar-refractivity contribution is 0.417. The Kier molecular flexibility index (Phi) is 4.06. The van der Waals surface area contributed by atoms with Gasteiger partial charge in [0.25, 0.3) is 15.6 Å². The molecule has 0 spiro atoms. The quantitative estimate of drug-likeness (QED) is 0.765. The summed E-state index contributed by atoms with van der Waals surface area (Å²) in [6, 6.07) is 5.10. The molecule has 1 aromatic carbocycles. The maximum atomic E-state index is 12.8. The second kappa shape index (κ2) is 5.91. The minimum absolute atomic E-state index is 0.154. The van der Waals surface area contributed by atoms with Crippen molar-refractivity contribution in [2.75, 3.05) is 11.8 Å². The molecule has 24 heavy (non-hydrogen) atoms. The van der Waals surface area contributed by atoms with Crippen LogP contribution in [-0.2, 0) is 10.0 Å². The van der Waals surface area contributed by atoms with Crippen molar-refractivity contribution in [2.45, 2.75) is 18.7 Å². The first kappa shape index (κ1) is 16.5. The lowest BCUT2D eigenvalue weighted by Crippen LogP contribution is -2.27. The third-order valence-electron chi connectivity index (χ3n) is 3.46. The van der Waals surface area contributed by atoms with Crippen LogP contribution in [0.25, 0.3) is 4.96 Å². The number of thiazole rings is 1. The molecule has 0 saturated heterocycles. The van der Waals surface area contributed by atoms with Crippen molar-refractivity contribution in [3.05, 3.63) is 51.4 Å². The first-order chi connectivity index (χ1) is 11.3. The van der Waals surface area contributed by atoms with E-state index in [2.05, 4.69) is 9.71 Å². The van der Waals surface area contributed by atoms with Crippen LogP contribution < -0.4 is 15.0 Å². The predicted octanol–water partition coefficient (Wildman–Crippen LogP) is 2.18. The predicted molar refractivity (Wildman–Crippen MR) is 92.6 cm³/mol. The summed E-state index contributed by atoms with van der Waals surface area (Å²) in [6.45, 7) is 3.33. The number of benzene rings is 1. The molecule has 2 aromatic heterocycles. The number of ether oxygens (including phenoxy) is 1. The van der Waals surface area contributed by atoms with E-state index in [1.54, 1.807) is 23.6 Å². The van der Waals surface area contributed by atoms with Gasteiger partial charge in [0.15, 0.2) is 9.86 Å². The third-order valence-corrected chi connectivity index (χ3v) is 5.72. The van der Waals surface area contributed by atoms with Crippen LogP contribution in [0, 0.1) is 13.8 Å². The first-order valence-corrected chi connectivity index (χ1v) is 9.33. The van der Waals surface area contributed by atoms with Crippen molar-refractivity contribution in [3.63, 3.8) is 0 Å². The Morgan fingerprint density at radius 3 is 2.75 bits per heavy atom. The zero-order valence-corrected chi connectivity index (χ0v) is 14.9. The van der Waals surface area contributed by atoms with Crippen LogP contribution in [0.15, 0.2) is 39.5 Å². The molecule has 2 heterocycles. The van der Waals surface area contributed by atoms with Crippen molar-refractivity contribution in [3.8, 4) is 5.75 Å². The van der Waals surface area contributed by atoms with Gasteiger partial charge in [-0.3, -0.25) is 13.9 Å². The Balaban J connectivity index is 2.16. The van der Waals surface area contributed by atoms with Gasteiger partial charge in [0.05, 0.1) is 18.5 Å². The van der Waals surface area contributed by atoms with Gasteiger partial charge >= 0.3 is 0 Å². The molecular weight excluding hydrogens is 350 g/mol. The SMILES string of the molecule is COc1ccc(C)cc1NS(=O)(=O)c1c(C)nc2sccn2c1=O. The molecule has 9 heteroatoms. The molecule has 1 N–H and O–H groups in total. The van der Waals surface area contributed by atoms with E-state index < -0.39 is 15.6 Å². The zero-order chi connectivity index (χ0) is 17.5. The molecular formula is C15H15N3O4S2. The number of aryl methyl sites for hydroxylation is 2. The fourth-order valence-corrected chi connectivity index (χ4v) is 4.44. The number of hydrogen-bond acceptors (Lipinski definition) is 6. The van der Waals surface area contributed by atoms with Gasteiger partial charge in [-0.25, -0.2) is 13.4 Å². The lowest BCUT2D eigenvalue weighted by atomic mass is 10.2. The molecule has 3 aromatic rings. The molecule has 0 aliphatic carbocycles. The minimum Gasteiger partial charge on any atom is -0.495 e. The number of hydrogen-bond donors (Lipinski definition) is 1. The summed E-state index contributed by atoms with van der Waals surface area (Å²) >= 11 is 1.26. The summed E-state index contributed by atoms with van der Waals surface area (Å²) in [5, 5.41) is 1.68. The van der Waals surface area contributed by atoms with E-state index in [-0.39, 0.29) is 16.3 Å². The largest absolute Gasteiger partial charge is 0.495 e. The van der Waals surface area contributed by atoms with Crippen molar-refractivity contribution in [2.24, 2.45) is 0 Å². The summed E-state index contributed by atoms with van der Waals surface area (Å²) in [4.78, 5) is 16.8. The van der Waals surface area contributed by atoms with Gasteiger partial charge in [0, 0.05) is 11.6 Å². The average molecular weight is 365 g/mol. The fourth-order valence-electron chi connectivity index (χ4n) is 2.37. The summed E-state index contributed by atoms with van der Waals surface area (Å²) in [7, 11) is -2.67. The summed E-state index contributed by atoms with van der Waals surface area (Å²) in [5.41, 5.74) is 0.652. The second-order valence-electron chi connectivity index (χ2n) is 5.20. The fraction of sp³-hybridized carbons (Fsp3) is 0.200. The van der Waals surface area contributed by atoms with Crippen molar-refractivity contribution >= 4 is 32.0 Å². The molecule has 3 rings (SSSR count). The second-order valence-corrected chi connectivity index (χ2v) is 7.69. The van der Waals surface area contributed by atoms with Crippen molar-refractivity contribution < 1.29 is 13.2 Å². The van der Waals surface area contributed by atoms with Gasteiger partial charge in [-0.15, -0.1) is 11.3 Å². The van der Waals surface area contributed by atoms with Gasteiger partial charge in [-0.2, -0.15) is 0 Å². The summed E-state index contributed by atoms with van der Waals surface area (Å²) in [5.74, 6) is 0.367. The first-order valence-electron chi connectivity index (χ1n) is 6.97. The van der Waals surface area contributed by atoms with Gasteiger partial charge < -0.3 is 4.74 Å². The molecule has 0 atom stereocenters. The molecule has 0 aliphatic heterocycles. The van der Waals surface area contributed by atoms with Crippen LogP contribution in [0.2, 0.25) is 0 Å². The highest BCUT2D eigenvalue weighted by Gasteiger charge is 2.25. The van der Waals surface area contributed by atoms with E-state index in [0.717, 1.165) is 5.56 Å². The highest BCUT2D eigenvalue weighted by atomic mass is 32.2. The van der Waals surface area contributed by atoms with Crippen LogP contribution in [-0.4, -0.2) is 24.9 Å². The van der Waals surface area contributed by atoms with Gasteiger partial charge in [-0.1, -0.05) is 6.07 Å². The highest BCUT2D eigenvalue weighted by molar-refractivity contribution is 7.92. The highest BCUT2D eigenvalue weighted by Crippen LogP contribution is 2.27. The topological polar surface area (TPSA) is 89.8 Å². The van der Waals surface area contributed by atoms with Crippen LogP contribution in [0.3, 0.4) is 0 Å². The smallest absolute Gasteiger partial charge is 0.279 e. The van der Waals surface area contributed by atoms with Crippen molar-refractivity contribution in [1.82, 2.24) is 9.38 Å². The molecule has 0 aliphatic rings. The lowest BCUT2D eigenvalue weighted by Gasteiger charge is -2.13. The van der Waals surface area contributed by atoms with Crippen LogP contribution in [0.1, 0.15) is 11.3 Å². The minimum atomic E-state index is -4.11. The number of aromatic nitrogens is 2. The number of sulfonamides is 1. The average Bonchev–Trinajstić information content (AvgIpc) is 2.95. The summed E-state index contributed by atoms with van der Waals surface area (Å²) < 4.78 is 34.4. The third kappa shape index (κ3) is 2.76. The van der Waals surface area contributed by atoms with Crippen LogP contribution in [0.4, 0.5) is 5.69 Å². The maximum Gasteiger partial charge on any atom is 0.279 e. The molecule has 0 bridgehead atoms. The Bertz CT molecular complexity index is 1080. The van der Waals surface area contributed by atoms with Crippen molar-refractivity contribution in [1.29, 1.82) is 0 Å². The zero-order valence-electron chi connectivity index (χ0n) is 13.2. The Morgan fingerprint density at radius 1 is 1.29 bits per heavy atom. The Labute approximate surface area is 142 Å². The molecule has 0 fully saturated rings. The number of fused-ring (bicyclic) bond motifs is 1. The Morgan fingerprint density at radius 2 is 2.04 bits per heavy atom. The van der Waals surface area contributed by atoms with E-state index in [1.807, 2.05) is 6.92 Å². The van der Waals surface area contributed by atoms with E-state index in [4.69, 9.17) is 4.74 Å². The van der Waals surface area contributed by atoms with E-state index >= 15 is 0 Å². The Hall–Kier alpha value is -2.39. The molecule has 126 valence electrons. The van der Waals surface area contributed by atoms with E-state index in [1.165, 1.54) is 36.0 Å². The molecule has 0 amide bonds. The monoisotopic (exact) mass is 365 g/mol. The van der Waals surface area contributed by atoms with Gasteiger partial charge in [0.1, 0.15) is 5.75 Å². The number of anilines is 1. The molecule has 0 saturated carbocycles. The standard InChI is InChI=1S/C15H15N3O4S2/c1-9-4-5-12(22-3)11(8-9)17-24(20,21)13-10(2)16-15-18(14(13)19)6-7-23-15/h4-8,17H,1-3H3. The van der Waals surface area contributed by atoms with Crippen LogP contribution >= 0.6 is 11.3 Å².